The van der Waals surface area contributed by atoms with Gasteiger partial charge < -0.3 is 0 Å². The van der Waals surface area contributed by atoms with Crippen molar-refractivity contribution in [2.24, 2.45) is 0 Å². The van der Waals surface area contributed by atoms with E-state index >= 15 is 0 Å². The fourth-order valence-corrected chi connectivity index (χ4v) is 1.98. The predicted octanol–water partition coefficient (Wildman–Crippen LogP) is 2.03. The van der Waals surface area contributed by atoms with Gasteiger partial charge in [-0.2, -0.15) is 5.26 Å². The summed E-state index contributed by atoms with van der Waals surface area (Å²) in [5, 5.41) is 40.6. The molecule has 11 heteroatoms. The zero-order valence-electron chi connectivity index (χ0n) is 9.01. The van der Waals surface area contributed by atoms with Crippen molar-refractivity contribution in [1.29, 1.82) is 5.26 Å². The lowest BCUT2D eigenvalue weighted by atomic mass is 10.2. The molecule has 0 radical (unpaired) electrons. The molecule has 0 aromatic heterocycles. The van der Waals surface area contributed by atoms with Gasteiger partial charge in [0.05, 0.1) is 38.7 Å². The van der Waals surface area contributed by atoms with Crippen LogP contribution in [0.5, 0.6) is 0 Å². The third kappa shape index (κ3) is 3.13. The number of nitro groups is 3. The molecule has 1 aromatic carbocycles. The summed E-state index contributed by atoms with van der Waals surface area (Å²) in [7, 11) is 0. The number of non-ortho nitro benzene ring substituents is 1. The highest BCUT2D eigenvalue weighted by atomic mass is 32.2. The van der Waals surface area contributed by atoms with Crippen LogP contribution in [-0.4, -0.2) is 20.5 Å². The lowest BCUT2D eigenvalue weighted by molar-refractivity contribution is -0.407. The molecule has 0 spiro atoms. The Hall–Kier alpha value is -2.74. The monoisotopic (exact) mass is 284 g/mol. The molecular weight excluding hydrogens is 280 g/mol. The van der Waals surface area contributed by atoms with Crippen molar-refractivity contribution in [3.8, 4) is 6.07 Å². The number of nitro benzene ring substituents is 3. The smallest absolute Gasteiger partial charge is 0.258 e. The van der Waals surface area contributed by atoms with Crippen LogP contribution in [0, 0.1) is 41.7 Å². The molecule has 0 bridgehead atoms. The van der Waals surface area contributed by atoms with Crippen molar-refractivity contribution in [2.75, 3.05) is 5.75 Å². The summed E-state index contributed by atoms with van der Waals surface area (Å²) in [5.74, 6) is -0.251. The molecule has 0 heterocycles. The van der Waals surface area contributed by atoms with Crippen LogP contribution in [0.1, 0.15) is 0 Å². The number of nitriles is 1. The van der Waals surface area contributed by atoms with Crippen LogP contribution < -0.4 is 0 Å². The Morgan fingerprint density at radius 3 is 1.84 bits per heavy atom. The summed E-state index contributed by atoms with van der Waals surface area (Å²) < 4.78 is 0. The Morgan fingerprint density at radius 1 is 1.05 bits per heavy atom. The van der Waals surface area contributed by atoms with Gasteiger partial charge in [-0.25, -0.2) is 0 Å². The van der Waals surface area contributed by atoms with Gasteiger partial charge in [-0.3, -0.25) is 30.3 Å². The first-order valence-electron chi connectivity index (χ1n) is 4.49. The zero-order chi connectivity index (χ0) is 14.6. The van der Waals surface area contributed by atoms with Crippen molar-refractivity contribution in [3.63, 3.8) is 0 Å². The maximum Gasteiger partial charge on any atom is 0.296 e. The van der Waals surface area contributed by atoms with Crippen LogP contribution in [0.3, 0.4) is 0 Å². The van der Waals surface area contributed by atoms with Crippen molar-refractivity contribution in [1.82, 2.24) is 0 Å². The maximum absolute atomic E-state index is 10.8. The van der Waals surface area contributed by atoms with Gasteiger partial charge in [-0.1, -0.05) is 11.8 Å². The number of rotatable bonds is 5. The predicted molar refractivity (Wildman–Crippen MR) is 62.7 cm³/mol. The van der Waals surface area contributed by atoms with E-state index in [-0.39, 0.29) is 10.6 Å². The van der Waals surface area contributed by atoms with E-state index in [1.807, 2.05) is 0 Å². The fourth-order valence-electron chi connectivity index (χ4n) is 1.21. The minimum atomic E-state index is -0.960. The van der Waals surface area contributed by atoms with E-state index in [0.717, 1.165) is 0 Å². The average Bonchev–Trinajstić information content (AvgIpc) is 2.34. The third-order valence-electron chi connectivity index (χ3n) is 1.92. The third-order valence-corrected chi connectivity index (χ3v) is 2.90. The van der Waals surface area contributed by atoms with Crippen molar-refractivity contribution < 1.29 is 14.8 Å². The van der Waals surface area contributed by atoms with E-state index in [2.05, 4.69) is 0 Å². The molecule has 1 aromatic rings. The molecule has 0 aliphatic carbocycles. The van der Waals surface area contributed by atoms with Crippen LogP contribution in [-0.2, 0) is 0 Å². The second kappa shape index (κ2) is 5.74. The van der Waals surface area contributed by atoms with Crippen LogP contribution in [0.25, 0.3) is 0 Å². The Balaban J connectivity index is 3.56. The zero-order valence-corrected chi connectivity index (χ0v) is 9.82. The summed E-state index contributed by atoms with van der Waals surface area (Å²) in [5.41, 5.74) is -2.28. The molecule has 10 nitrogen and oxygen atoms in total. The summed E-state index contributed by atoms with van der Waals surface area (Å²) >= 11 is 0.584. The van der Waals surface area contributed by atoms with E-state index in [4.69, 9.17) is 5.26 Å². The second-order valence-corrected chi connectivity index (χ2v) is 4.02. The molecule has 0 N–H and O–H groups in total. The molecule has 0 unspecified atom stereocenters. The highest BCUT2D eigenvalue weighted by Gasteiger charge is 2.30. The lowest BCUT2D eigenvalue weighted by Crippen LogP contribution is -2.00. The number of hydrogen-bond donors (Lipinski definition) is 0. The first kappa shape index (κ1) is 14.3. The highest BCUT2D eigenvalue weighted by Crippen LogP contribution is 2.40. The molecule has 98 valence electrons. The number of thioether (sulfide) groups is 1. The van der Waals surface area contributed by atoms with E-state index in [9.17, 15) is 30.3 Å². The van der Waals surface area contributed by atoms with Crippen molar-refractivity contribution in [2.45, 2.75) is 4.90 Å². The van der Waals surface area contributed by atoms with Gasteiger partial charge in [0.1, 0.15) is 0 Å². The summed E-state index contributed by atoms with van der Waals surface area (Å²) in [6, 6.07) is 2.93. The lowest BCUT2D eigenvalue weighted by Gasteiger charge is -2.02. The normalized spacial score (nSPS) is 9.63. The van der Waals surface area contributed by atoms with Crippen LogP contribution >= 0.6 is 11.8 Å². The fraction of sp³-hybridized carbons (Fsp3) is 0.125. The summed E-state index contributed by atoms with van der Waals surface area (Å²) in [4.78, 5) is 28.9. The quantitative estimate of drug-likeness (QED) is 0.452. The van der Waals surface area contributed by atoms with Gasteiger partial charge in [0.25, 0.3) is 17.1 Å². The van der Waals surface area contributed by atoms with Crippen LogP contribution in [0.2, 0.25) is 0 Å². The Labute approximate surface area is 109 Å². The average molecular weight is 284 g/mol. The van der Waals surface area contributed by atoms with E-state index < -0.39 is 31.8 Å². The van der Waals surface area contributed by atoms with Crippen LogP contribution in [0.4, 0.5) is 17.1 Å². The second-order valence-electron chi connectivity index (χ2n) is 3.03. The molecule has 0 saturated heterocycles. The van der Waals surface area contributed by atoms with Crippen molar-refractivity contribution >= 4 is 28.8 Å². The van der Waals surface area contributed by atoms with Gasteiger partial charge in [-0.05, 0) is 0 Å². The molecule has 0 atom stereocenters. The highest BCUT2D eigenvalue weighted by molar-refractivity contribution is 7.99. The van der Waals surface area contributed by atoms with Gasteiger partial charge in [0, 0.05) is 0 Å². The Morgan fingerprint density at radius 2 is 1.53 bits per heavy atom. The number of benzene rings is 1. The molecule has 0 fully saturated rings. The first-order chi connectivity index (χ1) is 8.88. The Kier molecular flexibility index (Phi) is 4.32. The minimum Gasteiger partial charge on any atom is -0.258 e. The molecule has 19 heavy (non-hydrogen) atoms. The summed E-state index contributed by atoms with van der Waals surface area (Å²) in [6.07, 6.45) is 0. The molecule has 0 amide bonds. The molecule has 1 rings (SSSR count). The van der Waals surface area contributed by atoms with E-state index in [1.54, 1.807) is 6.07 Å². The van der Waals surface area contributed by atoms with Gasteiger partial charge >= 0.3 is 0 Å². The molecule has 0 aliphatic heterocycles. The van der Waals surface area contributed by atoms with E-state index in [0.29, 0.717) is 23.9 Å². The number of hydrogen-bond acceptors (Lipinski definition) is 8. The molecular formula is C8H4N4O6S. The maximum atomic E-state index is 10.8. The topological polar surface area (TPSA) is 153 Å². The SMILES string of the molecule is N#CCSc1c([N+](=O)[O-])cc([N+](=O)[O-])cc1[N+](=O)[O-]. The molecule has 0 saturated carbocycles. The van der Waals surface area contributed by atoms with Gasteiger partial charge in [0.2, 0.25) is 0 Å². The van der Waals surface area contributed by atoms with E-state index in [1.165, 1.54) is 0 Å². The van der Waals surface area contributed by atoms with Crippen molar-refractivity contribution in [3.05, 3.63) is 42.5 Å². The largest absolute Gasteiger partial charge is 0.296 e. The first-order valence-corrected chi connectivity index (χ1v) is 5.48. The minimum absolute atomic E-state index is 0.251. The molecule has 0 aliphatic rings. The summed E-state index contributed by atoms with van der Waals surface area (Å²) in [6.45, 7) is 0. The van der Waals surface area contributed by atoms with Gasteiger partial charge in [-0.15, -0.1) is 0 Å². The Bertz CT molecular complexity index is 575. The van der Waals surface area contributed by atoms with Gasteiger partial charge in [0.15, 0.2) is 4.90 Å². The van der Waals surface area contributed by atoms with Crippen LogP contribution in [0.15, 0.2) is 17.0 Å². The standard InChI is InChI=1S/C8H4N4O6S/c9-1-2-19-8-6(11(15)16)3-5(10(13)14)4-7(8)12(17)18/h3-4H,2H2. The number of nitrogens with zero attached hydrogens (tertiary/aromatic N) is 4.